The van der Waals surface area contributed by atoms with Crippen LogP contribution in [0.1, 0.15) is 0 Å². The maximum absolute atomic E-state index is 13.6. The number of nitrogens with zero attached hydrogens (tertiary/aromatic N) is 1. The first-order chi connectivity index (χ1) is 7.62. The first-order valence-corrected chi connectivity index (χ1v) is 5.01. The van der Waals surface area contributed by atoms with E-state index in [0.29, 0.717) is 24.5 Å². The molecule has 0 bridgehead atoms. The van der Waals surface area contributed by atoms with Gasteiger partial charge in [0.25, 0.3) is 0 Å². The van der Waals surface area contributed by atoms with Crippen molar-refractivity contribution in [2.75, 3.05) is 37.9 Å². The van der Waals surface area contributed by atoms with Gasteiger partial charge in [-0.15, -0.1) is 0 Å². The van der Waals surface area contributed by atoms with Crippen LogP contribution in [-0.2, 0) is 9.47 Å². The molecule has 2 rings (SSSR count). The molecule has 1 saturated heterocycles. The summed E-state index contributed by atoms with van der Waals surface area (Å²) in [7, 11) is 3.15. The lowest BCUT2D eigenvalue weighted by atomic mass is 10.1. The highest BCUT2D eigenvalue weighted by Crippen LogP contribution is 2.35. The number of ether oxygens (including phenoxy) is 2. The van der Waals surface area contributed by atoms with E-state index in [9.17, 15) is 4.39 Å². The third-order valence-corrected chi connectivity index (χ3v) is 2.94. The summed E-state index contributed by atoms with van der Waals surface area (Å²) < 4.78 is 24.0. The van der Waals surface area contributed by atoms with Crippen LogP contribution in [0.4, 0.5) is 15.8 Å². The molecule has 16 heavy (non-hydrogen) atoms. The summed E-state index contributed by atoms with van der Waals surface area (Å²) in [5.74, 6) is -0.949. The van der Waals surface area contributed by atoms with E-state index >= 15 is 0 Å². The molecule has 5 heteroatoms. The lowest BCUT2D eigenvalue weighted by Gasteiger charge is -2.48. The number of para-hydroxylation sites is 1. The topological polar surface area (TPSA) is 47.7 Å². The molecule has 0 unspecified atom stereocenters. The fourth-order valence-corrected chi connectivity index (χ4v) is 1.90. The molecule has 1 aromatic carbocycles. The Hall–Kier alpha value is -1.33. The van der Waals surface area contributed by atoms with Crippen molar-refractivity contribution in [2.45, 2.75) is 5.79 Å². The number of anilines is 2. The van der Waals surface area contributed by atoms with Gasteiger partial charge < -0.3 is 20.1 Å². The van der Waals surface area contributed by atoms with E-state index in [-0.39, 0.29) is 5.82 Å². The quantitative estimate of drug-likeness (QED) is 0.622. The zero-order valence-corrected chi connectivity index (χ0v) is 9.37. The molecule has 1 aliphatic rings. The summed E-state index contributed by atoms with van der Waals surface area (Å²) in [6, 6.07) is 4.66. The monoisotopic (exact) mass is 226 g/mol. The van der Waals surface area contributed by atoms with Crippen LogP contribution in [0.5, 0.6) is 0 Å². The first-order valence-electron chi connectivity index (χ1n) is 5.01. The number of methoxy groups -OCH3 is 2. The van der Waals surface area contributed by atoms with Crippen molar-refractivity contribution in [2.24, 2.45) is 0 Å². The van der Waals surface area contributed by atoms with E-state index in [1.165, 1.54) is 6.07 Å². The van der Waals surface area contributed by atoms with Gasteiger partial charge in [0.05, 0.1) is 24.5 Å². The highest BCUT2D eigenvalue weighted by molar-refractivity contribution is 5.69. The molecule has 1 aromatic rings. The van der Waals surface area contributed by atoms with Crippen LogP contribution >= 0.6 is 0 Å². The predicted octanol–water partition coefficient (Wildman–Crippen LogP) is 1.22. The third-order valence-electron chi connectivity index (χ3n) is 2.94. The van der Waals surface area contributed by atoms with Crippen molar-refractivity contribution in [1.29, 1.82) is 0 Å². The fraction of sp³-hybridized carbons (Fsp3) is 0.455. The van der Waals surface area contributed by atoms with Gasteiger partial charge in [-0.25, -0.2) is 4.39 Å². The minimum absolute atomic E-state index is 0.319. The van der Waals surface area contributed by atoms with Gasteiger partial charge in [0.15, 0.2) is 0 Å². The van der Waals surface area contributed by atoms with E-state index in [1.807, 2.05) is 0 Å². The van der Waals surface area contributed by atoms with E-state index < -0.39 is 5.79 Å². The zero-order valence-electron chi connectivity index (χ0n) is 9.37. The van der Waals surface area contributed by atoms with Crippen molar-refractivity contribution in [3.63, 3.8) is 0 Å². The number of hydrogen-bond acceptors (Lipinski definition) is 4. The van der Waals surface area contributed by atoms with Crippen molar-refractivity contribution in [1.82, 2.24) is 0 Å². The molecule has 2 N–H and O–H groups in total. The number of hydrogen-bond donors (Lipinski definition) is 1. The molecule has 88 valence electrons. The number of halogens is 1. The molecule has 1 aliphatic heterocycles. The number of nitrogen functional groups attached to an aromatic ring is 1. The maximum Gasteiger partial charge on any atom is 0.203 e. The standard InChI is InChI=1S/C11H15FN2O2/c1-15-11(16-2)6-14(7-11)10-8(12)4-3-5-9(10)13/h3-5H,6-7,13H2,1-2H3. The van der Waals surface area contributed by atoms with Gasteiger partial charge in [0, 0.05) is 14.2 Å². The van der Waals surface area contributed by atoms with Gasteiger partial charge in [-0.1, -0.05) is 6.07 Å². The molecule has 0 amide bonds. The Bertz CT molecular complexity index is 365. The number of benzene rings is 1. The Kier molecular flexibility index (Phi) is 2.73. The van der Waals surface area contributed by atoms with E-state index in [1.54, 1.807) is 31.3 Å². The van der Waals surface area contributed by atoms with Crippen LogP contribution in [-0.4, -0.2) is 33.1 Å². The van der Waals surface area contributed by atoms with E-state index in [4.69, 9.17) is 15.2 Å². The minimum atomic E-state index is -0.630. The number of rotatable bonds is 3. The summed E-state index contributed by atoms with van der Waals surface area (Å²) in [5.41, 5.74) is 6.59. The average molecular weight is 226 g/mol. The van der Waals surface area contributed by atoms with Crippen molar-refractivity contribution in [3.05, 3.63) is 24.0 Å². The van der Waals surface area contributed by atoms with Crippen LogP contribution in [0.15, 0.2) is 18.2 Å². The molecule has 0 aromatic heterocycles. The van der Waals surface area contributed by atoms with Gasteiger partial charge in [-0.3, -0.25) is 0 Å². The summed E-state index contributed by atoms with van der Waals surface area (Å²) in [6.45, 7) is 0.955. The summed E-state index contributed by atoms with van der Waals surface area (Å²) >= 11 is 0. The molecule has 4 nitrogen and oxygen atoms in total. The summed E-state index contributed by atoms with van der Waals surface area (Å²) in [5, 5.41) is 0. The third kappa shape index (κ3) is 1.62. The molecule has 1 fully saturated rings. The molecular formula is C11H15FN2O2. The average Bonchev–Trinajstić information content (AvgIpc) is 2.21. The normalized spacial score (nSPS) is 18.3. The molecular weight excluding hydrogens is 211 g/mol. The predicted molar refractivity (Wildman–Crippen MR) is 59.8 cm³/mol. The molecule has 0 spiro atoms. The van der Waals surface area contributed by atoms with Crippen LogP contribution in [0, 0.1) is 5.82 Å². The van der Waals surface area contributed by atoms with Gasteiger partial charge >= 0.3 is 0 Å². The second kappa shape index (κ2) is 3.92. The Morgan fingerprint density at radius 3 is 2.44 bits per heavy atom. The molecule has 0 atom stereocenters. The fourth-order valence-electron chi connectivity index (χ4n) is 1.90. The van der Waals surface area contributed by atoms with Gasteiger partial charge in [0.2, 0.25) is 5.79 Å². The highest BCUT2D eigenvalue weighted by Gasteiger charge is 2.45. The Morgan fingerprint density at radius 1 is 1.31 bits per heavy atom. The van der Waals surface area contributed by atoms with Gasteiger partial charge in [0.1, 0.15) is 5.82 Å². The smallest absolute Gasteiger partial charge is 0.203 e. The van der Waals surface area contributed by atoms with Gasteiger partial charge in [-0.2, -0.15) is 0 Å². The lowest BCUT2D eigenvalue weighted by molar-refractivity contribution is -0.219. The second-order valence-electron chi connectivity index (χ2n) is 3.85. The van der Waals surface area contributed by atoms with E-state index in [0.717, 1.165) is 0 Å². The maximum atomic E-state index is 13.6. The zero-order chi connectivity index (χ0) is 11.8. The number of nitrogens with two attached hydrogens (primary N) is 1. The van der Waals surface area contributed by atoms with Gasteiger partial charge in [-0.05, 0) is 12.1 Å². The summed E-state index contributed by atoms with van der Waals surface area (Å²) in [4.78, 5) is 1.80. The molecule has 1 heterocycles. The first kappa shape index (κ1) is 11.2. The summed E-state index contributed by atoms with van der Waals surface area (Å²) in [6.07, 6.45) is 0. The van der Waals surface area contributed by atoms with Crippen LogP contribution in [0.25, 0.3) is 0 Å². The van der Waals surface area contributed by atoms with Crippen molar-refractivity contribution >= 4 is 11.4 Å². The molecule has 0 radical (unpaired) electrons. The van der Waals surface area contributed by atoms with Crippen molar-refractivity contribution < 1.29 is 13.9 Å². The van der Waals surface area contributed by atoms with Crippen molar-refractivity contribution in [3.8, 4) is 0 Å². The highest BCUT2D eigenvalue weighted by atomic mass is 19.1. The Labute approximate surface area is 93.7 Å². The minimum Gasteiger partial charge on any atom is -0.397 e. The SMILES string of the molecule is COC1(OC)CN(c2c(N)cccc2F)C1. The Balaban J connectivity index is 2.18. The largest absolute Gasteiger partial charge is 0.397 e. The van der Waals surface area contributed by atoms with E-state index in [2.05, 4.69) is 0 Å². The Morgan fingerprint density at radius 2 is 1.94 bits per heavy atom. The van der Waals surface area contributed by atoms with Crippen LogP contribution in [0.2, 0.25) is 0 Å². The van der Waals surface area contributed by atoms with Crippen LogP contribution < -0.4 is 10.6 Å². The lowest BCUT2D eigenvalue weighted by Crippen LogP contribution is -2.64. The second-order valence-corrected chi connectivity index (χ2v) is 3.85. The van der Waals surface area contributed by atoms with Crippen LogP contribution in [0.3, 0.4) is 0 Å². The molecule has 0 saturated carbocycles. The molecule has 0 aliphatic carbocycles.